The molecule has 0 aliphatic carbocycles. The molecule has 0 fully saturated rings. The lowest BCUT2D eigenvalue weighted by Crippen LogP contribution is -2.15. The maximum absolute atomic E-state index is 12.5. The Hall–Kier alpha value is -1.30. The Bertz CT molecular complexity index is 782. The van der Waals surface area contributed by atoms with Gasteiger partial charge in [-0.05, 0) is 44.0 Å². The van der Waals surface area contributed by atoms with Crippen molar-refractivity contribution in [2.75, 3.05) is 4.72 Å². The smallest absolute Gasteiger partial charge is 0.262 e. The molecule has 1 N–H and O–H groups in total. The highest BCUT2D eigenvalue weighted by Gasteiger charge is 2.20. The van der Waals surface area contributed by atoms with Crippen LogP contribution in [0.15, 0.2) is 29.2 Å². The molecule has 0 saturated heterocycles. The molecule has 0 saturated carbocycles. The minimum absolute atomic E-state index is 0.0216. The van der Waals surface area contributed by atoms with E-state index in [0.717, 1.165) is 5.56 Å². The summed E-state index contributed by atoms with van der Waals surface area (Å²) >= 11 is 11.8. The summed E-state index contributed by atoms with van der Waals surface area (Å²) in [5.74, 6) is 0. The van der Waals surface area contributed by atoms with E-state index < -0.39 is 10.0 Å². The molecule has 1 heterocycles. The number of aryl methyl sites for hydroxylation is 3. The van der Waals surface area contributed by atoms with Crippen molar-refractivity contribution in [1.29, 1.82) is 0 Å². The van der Waals surface area contributed by atoms with Crippen molar-refractivity contribution >= 4 is 38.9 Å². The van der Waals surface area contributed by atoms with Crippen molar-refractivity contribution in [3.8, 4) is 0 Å². The van der Waals surface area contributed by atoms with E-state index in [4.69, 9.17) is 23.2 Å². The second kappa shape index (κ2) is 5.83. The lowest BCUT2D eigenvalue weighted by atomic mass is 10.2. The molecule has 0 spiro atoms. The van der Waals surface area contributed by atoms with Gasteiger partial charge in [0.05, 0.1) is 10.6 Å². The number of halogens is 2. The molecule has 0 radical (unpaired) electrons. The fourth-order valence-corrected chi connectivity index (χ4v) is 4.01. The molecular formula is C14H14Cl2N2O2S. The van der Waals surface area contributed by atoms with Crippen LogP contribution >= 0.6 is 23.2 Å². The van der Waals surface area contributed by atoms with E-state index in [1.165, 1.54) is 0 Å². The summed E-state index contributed by atoms with van der Waals surface area (Å²) in [6, 6.07) is 6.67. The number of pyridine rings is 1. The Balaban J connectivity index is 2.47. The topological polar surface area (TPSA) is 59.1 Å². The first-order chi connectivity index (χ1) is 9.70. The van der Waals surface area contributed by atoms with Gasteiger partial charge in [0.15, 0.2) is 5.15 Å². The van der Waals surface area contributed by atoms with Gasteiger partial charge < -0.3 is 0 Å². The van der Waals surface area contributed by atoms with E-state index in [0.29, 0.717) is 11.1 Å². The first-order valence-electron chi connectivity index (χ1n) is 6.13. The number of hydrogen-bond acceptors (Lipinski definition) is 3. The lowest BCUT2D eigenvalue weighted by Gasteiger charge is -2.13. The monoisotopic (exact) mass is 344 g/mol. The van der Waals surface area contributed by atoms with Gasteiger partial charge in [0.25, 0.3) is 10.0 Å². The van der Waals surface area contributed by atoms with Gasteiger partial charge in [-0.3, -0.25) is 4.72 Å². The van der Waals surface area contributed by atoms with Gasteiger partial charge in [0, 0.05) is 0 Å². The second-order valence-corrected chi connectivity index (χ2v) is 7.20. The molecule has 2 rings (SSSR count). The van der Waals surface area contributed by atoms with E-state index in [-0.39, 0.29) is 20.9 Å². The van der Waals surface area contributed by atoms with Gasteiger partial charge in [-0.25, -0.2) is 13.4 Å². The number of nitrogens with zero attached hydrogens (tertiary/aromatic N) is 1. The van der Waals surface area contributed by atoms with E-state index in [2.05, 4.69) is 9.71 Å². The molecule has 0 atom stereocenters. The van der Waals surface area contributed by atoms with Gasteiger partial charge in [-0.2, -0.15) is 0 Å². The Labute approximate surface area is 134 Å². The summed E-state index contributed by atoms with van der Waals surface area (Å²) in [7, 11) is -3.74. The van der Waals surface area contributed by atoms with Crippen molar-refractivity contribution in [2.24, 2.45) is 0 Å². The van der Waals surface area contributed by atoms with Crippen LogP contribution in [-0.4, -0.2) is 13.4 Å². The van der Waals surface area contributed by atoms with E-state index in [1.54, 1.807) is 32.0 Å². The number of anilines is 1. The molecule has 112 valence electrons. The van der Waals surface area contributed by atoms with Crippen LogP contribution < -0.4 is 4.72 Å². The molecule has 0 aliphatic rings. The quantitative estimate of drug-likeness (QED) is 0.852. The zero-order valence-corrected chi connectivity index (χ0v) is 14.1. The van der Waals surface area contributed by atoms with Crippen molar-refractivity contribution in [3.63, 3.8) is 0 Å². The maximum atomic E-state index is 12.5. The SMILES string of the molecule is Cc1ccc(S(=O)(=O)Nc2c(C)cc(Cl)nc2Cl)c(C)c1. The number of nitrogens with one attached hydrogen (secondary N) is 1. The van der Waals surface area contributed by atoms with Crippen LogP contribution in [-0.2, 0) is 10.0 Å². The largest absolute Gasteiger partial charge is 0.276 e. The van der Waals surface area contributed by atoms with Gasteiger partial charge >= 0.3 is 0 Å². The third-order valence-electron chi connectivity index (χ3n) is 3.00. The first-order valence-corrected chi connectivity index (χ1v) is 8.37. The molecule has 21 heavy (non-hydrogen) atoms. The number of sulfonamides is 1. The van der Waals surface area contributed by atoms with Gasteiger partial charge in [-0.15, -0.1) is 0 Å². The van der Waals surface area contributed by atoms with Crippen LogP contribution in [0.1, 0.15) is 16.7 Å². The standard InChI is InChI=1S/C14H14Cl2N2O2S/c1-8-4-5-11(9(2)6-8)21(19,20)18-13-10(3)7-12(15)17-14(13)16/h4-7,18H,1-3H3. The fraction of sp³-hybridized carbons (Fsp3) is 0.214. The molecule has 4 nitrogen and oxygen atoms in total. The van der Waals surface area contributed by atoms with E-state index in [1.807, 2.05) is 13.0 Å². The highest BCUT2D eigenvalue weighted by Crippen LogP contribution is 2.29. The summed E-state index contributed by atoms with van der Waals surface area (Å²) in [5.41, 5.74) is 2.50. The number of rotatable bonds is 3. The van der Waals surface area contributed by atoms with Crippen molar-refractivity contribution in [1.82, 2.24) is 4.98 Å². The van der Waals surface area contributed by atoms with Crippen molar-refractivity contribution in [2.45, 2.75) is 25.7 Å². The summed E-state index contributed by atoms with van der Waals surface area (Å²) in [4.78, 5) is 4.06. The number of benzene rings is 1. The van der Waals surface area contributed by atoms with Crippen LogP contribution in [0, 0.1) is 20.8 Å². The number of aromatic nitrogens is 1. The van der Waals surface area contributed by atoms with Gasteiger partial charge in [0.2, 0.25) is 0 Å². The normalized spacial score (nSPS) is 11.5. The van der Waals surface area contributed by atoms with Gasteiger partial charge in [-0.1, -0.05) is 40.9 Å². The summed E-state index contributed by atoms with van der Waals surface area (Å²) in [6.07, 6.45) is 0. The molecule has 0 amide bonds. The Kier molecular flexibility index (Phi) is 4.46. The number of hydrogen-bond donors (Lipinski definition) is 1. The lowest BCUT2D eigenvalue weighted by molar-refractivity contribution is 0.600. The van der Waals surface area contributed by atoms with Crippen LogP contribution in [0.4, 0.5) is 5.69 Å². The van der Waals surface area contributed by atoms with Crippen LogP contribution in [0.25, 0.3) is 0 Å². The average Bonchev–Trinajstić information content (AvgIpc) is 2.33. The van der Waals surface area contributed by atoms with Crippen LogP contribution in [0.2, 0.25) is 10.3 Å². The Morgan fingerprint density at radius 2 is 1.71 bits per heavy atom. The third-order valence-corrected chi connectivity index (χ3v) is 4.97. The predicted octanol–water partition coefficient (Wildman–Crippen LogP) is 4.11. The maximum Gasteiger partial charge on any atom is 0.262 e. The van der Waals surface area contributed by atoms with Crippen LogP contribution in [0.5, 0.6) is 0 Å². The Morgan fingerprint density at radius 1 is 1.05 bits per heavy atom. The zero-order valence-electron chi connectivity index (χ0n) is 11.7. The Morgan fingerprint density at radius 3 is 2.29 bits per heavy atom. The van der Waals surface area contributed by atoms with E-state index in [9.17, 15) is 8.42 Å². The molecule has 1 aromatic carbocycles. The molecule has 0 aliphatic heterocycles. The van der Waals surface area contributed by atoms with Crippen molar-refractivity contribution < 1.29 is 8.42 Å². The predicted molar refractivity (Wildman–Crippen MR) is 85.7 cm³/mol. The molecular weight excluding hydrogens is 331 g/mol. The third kappa shape index (κ3) is 3.48. The molecule has 0 unspecified atom stereocenters. The summed E-state index contributed by atoms with van der Waals surface area (Å²) in [6.45, 7) is 5.36. The second-order valence-electron chi connectivity index (χ2n) is 4.80. The zero-order chi connectivity index (χ0) is 15.8. The summed E-state index contributed by atoms with van der Waals surface area (Å²) < 4.78 is 27.5. The molecule has 1 aromatic heterocycles. The first kappa shape index (κ1) is 16.1. The molecule has 0 bridgehead atoms. The molecule has 7 heteroatoms. The molecule has 2 aromatic rings. The minimum atomic E-state index is -3.74. The highest BCUT2D eigenvalue weighted by molar-refractivity contribution is 7.92. The fourth-order valence-electron chi connectivity index (χ4n) is 2.01. The minimum Gasteiger partial charge on any atom is -0.276 e. The average molecular weight is 345 g/mol. The highest BCUT2D eigenvalue weighted by atomic mass is 35.5. The van der Waals surface area contributed by atoms with Crippen molar-refractivity contribution in [3.05, 3.63) is 51.3 Å². The summed E-state index contributed by atoms with van der Waals surface area (Å²) in [5, 5.41) is 0.236. The van der Waals surface area contributed by atoms with Gasteiger partial charge in [0.1, 0.15) is 5.15 Å². The van der Waals surface area contributed by atoms with E-state index >= 15 is 0 Å². The van der Waals surface area contributed by atoms with Crippen LogP contribution in [0.3, 0.4) is 0 Å².